The standard InChI is InChI=1S/C66H43N3OSi/c1-4-18-47(19-5-1)71(48-20-6-2-7-21-48,49-22-8-3-9-23-49)50-36-32-44(33-37-50)67-59-28-14-10-24-51(59)55-40-45(34-38-62(55)67)68-60-29-15-11-25-52(60)56-41-46(35-39-63(56)68)69-61-30-16-12-26-53(61)57-43-66-58(42-64(57)69)54-27-13-17-31-65(54)70-66/h1-43H. The van der Waals surface area contributed by atoms with Crippen molar-refractivity contribution in [3.63, 3.8) is 0 Å². The molecule has 0 unspecified atom stereocenters. The molecule has 0 bridgehead atoms. The van der Waals surface area contributed by atoms with Gasteiger partial charge in [0.15, 0.2) is 8.07 Å². The summed E-state index contributed by atoms with van der Waals surface area (Å²) in [5, 5.41) is 15.0. The molecule has 0 radical (unpaired) electrons. The third-order valence-corrected chi connectivity index (χ3v) is 20.0. The van der Waals surface area contributed by atoms with E-state index in [0.717, 1.165) is 44.5 Å². The van der Waals surface area contributed by atoms with Crippen molar-refractivity contribution in [2.45, 2.75) is 0 Å². The lowest BCUT2D eigenvalue weighted by atomic mass is 10.1. The Bertz CT molecular complexity index is 4470. The van der Waals surface area contributed by atoms with E-state index < -0.39 is 8.07 Å². The van der Waals surface area contributed by atoms with Crippen molar-refractivity contribution >= 4 is 116 Å². The number of hydrogen-bond donors (Lipinski definition) is 0. The van der Waals surface area contributed by atoms with Crippen LogP contribution in [0.4, 0.5) is 0 Å². The first-order valence-electron chi connectivity index (χ1n) is 24.4. The van der Waals surface area contributed by atoms with E-state index in [1.807, 2.05) is 6.07 Å². The molecule has 4 aromatic heterocycles. The summed E-state index contributed by atoms with van der Waals surface area (Å²) in [7, 11) is -2.68. The molecule has 0 aliphatic heterocycles. The summed E-state index contributed by atoms with van der Waals surface area (Å²) in [6, 6.07) is 96.3. The van der Waals surface area contributed by atoms with Crippen LogP contribution in [0.5, 0.6) is 0 Å². The van der Waals surface area contributed by atoms with Crippen LogP contribution in [0.25, 0.3) is 104 Å². The molecule has 4 heterocycles. The Kier molecular flexibility index (Phi) is 8.64. The highest BCUT2D eigenvalue weighted by atomic mass is 28.3. The SMILES string of the molecule is c1ccc([Si](c2ccccc2)(c2ccccc2)c2ccc(-n3c4ccccc4c4cc(-n5c6ccccc6c6cc(-n7c8ccccc8c8cc9oc%10ccccc%10c9cc87)ccc65)ccc43)cc2)cc1. The highest BCUT2D eigenvalue weighted by Gasteiger charge is 2.41. The van der Waals surface area contributed by atoms with Gasteiger partial charge in [0.05, 0.1) is 33.1 Å². The van der Waals surface area contributed by atoms with Crippen LogP contribution in [-0.2, 0) is 0 Å². The van der Waals surface area contributed by atoms with Crippen molar-refractivity contribution in [2.24, 2.45) is 0 Å². The summed E-state index contributed by atoms with van der Waals surface area (Å²) in [4.78, 5) is 0. The Labute approximate surface area is 410 Å². The predicted octanol–water partition coefficient (Wildman–Crippen LogP) is 14.3. The van der Waals surface area contributed by atoms with Gasteiger partial charge in [0.25, 0.3) is 0 Å². The number of para-hydroxylation sites is 4. The topological polar surface area (TPSA) is 27.9 Å². The van der Waals surface area contributed by atoms with E-state index in [4.69, 9.17) is 4.42 Å². The van der Waals surface area contributed by atoms with Crippen molar-refractivity contribution in [3.05, 3.63) is 261 Å². The Balaban J connectivity index is 0.889. The van der Waals surface area contributed by atoms with Gasteiger partial charge in [-0.15, -0.1) is 0 Å². The normalized spacial score (nSPS) is 12.2. The van der Waals surface area contributed by atoms with Gasteiger partial charge in [-0.3, -0.25) is 0 Å². The van der Waals surface area contributed by atoms with Gasteiger partial charge < -0.3 is 18.1 Å². The van der Waals surface area contributed by atoms with Crippen molar-refractivity contribution in [1.29, 1.82) is 0 Å². The zero-order valence-electron chi connectivity index (χ0n) is 38.6. The van der Waals surface area contributed by atoms with Crippen molar-refractivity contribution < 1.29 is 4.42 Å². The first kappa shape index (κ1) is 39.8. The maximum Gasteiger partial charge on any atom is 0.179 e. The maximum atomic E-state index is 6.39. The second-order valence-corrected chi connectivity index (χ2v) is 22.6. The summed E-state index contributed by atoms with van der Waals surface area (Å²) >= 11 is 0. The summed E-state index contributed by atoms with van der Waals surface area (Å²) < 4.78 is 13.7. The van der Waals surface area contributed by atoms with Crippen LogP contribution >= 0.6 is 0 Å². The number of rotatable bonds is 7. The average Bonchev–Trinajstić information content (AvgIpc) is 4.17. The Morgan fingerprint density at radius 1 is 0.225 bits per heavy atom. The zero-order valence-corrected chi connectivity index (χ0v) is 39.6. The number of furan rings is 1. The van der Waals surface area contributed by atoms with Crippen LogP contribution < -0.4 is 20.7 Å². The summed E-state index contributed by atoms with van der Waals surface area (Å²) in [6.07, 6.45) is 0. The quantitative estimate of drug-likeness (QED) is 0.116. The monoisotopic (exact) mass is 921 g/mol. The van der Waals surface area contributed by atoms with E-state index in [2.05, 4.69) is 268 Å². The van der Waals surface area contributed by atoms with Gasteiger partial charge in [-0.25, -0.2) is 0 Å². The minimum Gasteiger partial charge on any atom is -0.456 e. The van der Waals surface area contributed by atoms with Gasteiger partial charge in [0, 0.05) is 60.2 Å². The van der Waals surface area contributed by atoms with Crippen LogP contribution in [-0.4, -0.2) is 21.8 Å². The first-order chi connectivity index (χ1) is 35.2. The fourth-order valence-electron chi connectivity index (χ4n) is 12.1. The lowest BCUT2D eigenvalue weighted by molar-refractivity contribution is 0.669. The molecule has 0 saturated carbocycles. The molecule has 332 valence electrons. The summed E-state index contributed by atoms with van der Waals surface area (Å²) in [5.74, 6) is 0. The fourth-order valence-corrected chi connectivity index (χ4v) is 16.9. The molecule has 71 heavy (non-hydrogen) atoms. The molecule has 0 spiro atoms. The second-order valence-electron chi connectivity index (χ2n) is 18.8. The van der Waals surface area contributed by atoms with Gasteiger partial charge in [0.1, 0.15) is 11.2 Å². The Morgan fingerprint density at radius 3 is 1.10 bits per heavy atom. The van der Waals surface area contributed by atoms with Crippen LogP contribution in [0.2, 0.25) is 0 Å². The lowest BCUT2D eigenvalue weighted by Crippen LogP contribution is -2.74. The number of hydrogen-bond acceptors (Lipinski definition) is 1. The van der Waals surface area contributed by atoms with Gasteiger partial charge in [-0.1, -0.05) is 176 Å². The molecule has 11 aromatic carbocycles. The Hall–Kier alpha value is -9.16. The van der Waals surface area contributed by atoms with E-state index in [9.17, 15) is 0 Å². The third kappa shape index (κ3) is 5.78. The number of nitrogens with zero attached hydrogens (tertiary/aromatic N) is 3. The summed E-state index contributed by atoms with van der Waals surface area (Å²) in [6.45, 7) is 0. The van der Waals surface area contributed by atoms with E-state index in [1.165, 1.54) is 80.6 Å². The van der Waals surface area contributed by atoms with Crippen LogP contribution in [0.3, 0.4) is 0 Å². The molecule has 0 atom stereocenters. The molecule has 0 aliphatic carbocycles. The molecular weight excluding hydrogens is 879 g/mol. The highest BCUT2D eigenvalue weighted by Crippen LogP contribution is 2.41. The molecule has 15 aromatic rings. The van der Waals surface area contributed by atoms with Gasteiger partial charge >= 0.3 is 0 Å². The number of fused-ring (bicyclic) bond motifs is 12. The minimum atomic E-state index is -2.68. The second kappa shape index (κ2) is 15.4. The minimum absolute atomic E-state index is 0.909. The molecule has 0 saturated heterocycles. The number of aromatic nitrogens is 3. The van der Waals surface area contributed by atoms with E-state index in [1.54, 1.807) is 0 Å². The smallest absolute Gasteiger partial charge is 0.179 e. The predicted molar refractivity (Wildman–Crippen MR) is 300 cm³/mol. The van der Waals surface area contributed by atoms with Crippen LogP contribution in [0.1, 0.15) is 0 Å². The lowest BCUT2D eigenvalue weighted by Gasteiger charge is -2.34. The van der Waals surface area contributed by atoms with Crippen molar-refractivity contribution in [2.75, 3.05) is 0 Å². The van der Waals surface area contributed by atoms with E-state index in [-0.39, 0.29) is 0 Å². The van der Waals surface area contributed by atoms with Crippen LogP contribution in [0, 0.1) is 0 Å². The number of benzene rings is 11. The molecule has 0 N–H and O–H groups in total. The van der Waals surface area contributed by atoms with Crippen molar-refractivity contribution in [1.82, 2.24) is 13.7 Å². The molecule has 0 aliphatic rings. The van der Waals surface area contributed by atoms with Gasteiger partial charge in [-0.05, 0) is 106 Å². The first-order valence-corrected chi connectivity index (χ1v) is 26.4. The Morgan fingerprint density at radius 2 is 0.592 bits per heavy atom. The van der Waals surface area contributed by atoms with E-state index >= 15 is 0 Å². The zero-order chi connectivity index (χ0) is 46.6. The molecule has 0 amide bonds. The maximum absolute atomic E-state index is 6.39. The van der Waals surface area contributed by atoms with Crippen LogP contribution in [0.15, 0.2) is 265 Å². The third-order valence-electron chi connectivity index (χ3n) is 15.2. The average molecular weight is 922 g/mol. The largest absolute Gasteiger partial charge is 0.456 e. The molecule has 0 fully saturated rings. The summed E-state index contributed by atoms with van der Waals surface area (Å²) in [5.41, 5.74) is 12.2. The molecular formula is C66H43N3OSi. The molecule has 4 nitrogen and oxygen atoms in total. The fraction of sp³-hybridized carbons (Fsp3) is 0. The van der Waals surface area contributed by atoms with Gasteiger partial charge in [-0.2, -0.15) is 0 Å². The van der Waals surface area contributed by atoms with Crippen molar-refractivity contribution in [3.8, 4) is 17.1 Å². The molecule has 15 rings (SSSR count). The van der Waals surface area contributed by atoms with Gasteiger partial charge in [0.2, 0.25) is 0 Å². The van der Waals surface area contributed by atoms with E-state index in [0.29, 0.717) is 0 Å². The molecule has 5 heteroatoms. The highest BCUT2D eigenvalue weighted by molar-refractivity contribution is 7.19.